The normalized spacial score (nSPS) is 21.0. The molecule has 3 nitrogen and oxygen atoms in total. The van der Waals surface area contributed by atoms with Gasteiger partial charge in [-0.05, 0) is 50.1 Å². The number of benzene rings is 1. The van der Waals surface area contributed by atoms with E-state index in [1.54, 1.807) is 0 Å². The summed E-state index contributed by atoms with van der Waals surface area (Å²) >= 11 is 0. The maximum atomic E-state index is 9.84. The molecule has 0 heterocycles. The first kappa shape index (κ1) is 14.6. The number of likely N-dealkylation sites (N-methyl/N-ethyl adjacent to an activating group) is 1. The molecule has 0 amide bonds. The summed E-state index contributed by atoms with van der Waals surface area (Å²) < 4.78 is 0. The fraction of sp³-hybridized carbons (Fsp3) is 0.611. The highest BCUT2D eigenvalue weighted by Crippen LogP contribution is 2.35. The second-order valence-corrected chi connectivity index (χ2v) is 6.71. The molecule has 0 aliphatic heterocycles. The van der Waals surface area contributed by atoms with E-state index in [0.29, 0.717) is 0 Å². The molecule has 2 aliphatic rings. The minimum absolute atomic E-state index is 0.592. The van der Waals surface area contributed by atoms with E-state index in [0.717, 1.165) is 37.0 Å². The van der Waals surface area contributed by atoms with E-state index < -0.39 is 5.54 Å². The molecule has 3 rings (SSSR count). The number of hydrogen-bond acceptors (Lipinski definition) is 3. The Bertz CT molecular complexity index is 485. The van der Waals surface area contributed by atoms with E-state index in [-0.39, 0.29) is 0 Å². The fourth-order valence-corrected chi connectivity index (χ4v) is 3.06. The predicted molar refractivity (Wildman–Crippen MR) is 84.7 cm³/mol. The molecular formula is C18H25N3. The number of hydrogen-bond donors (Lipinski definition) is 1. The molecule has 1 unspecified atom stereocenters. The molecule has 0 bridgehead atoms. The zero-order chi connectivity index (χ0) is 14.7. The second-order valence-electron chi connectivity index (χ2n) is 6.71. The second kappa shape index (κ2) is 6.17. The summed E-state index contributed by atoms with van der Waals surface area (Å²) in [5.41, 5.74) is 0.483. The molecule has 0 saturated heterocycles. The quantitative estimate of drug-likeness (QED) is 0.797. The van der Waals surface area contributed by atoms with E-state index in [4.69, 9.17) is 0 Å². The van der Waals surface area contributed by atoms with Crippen LogP contribution >= 0.6 is 0 Å². The third-order valence-electron chi connectivity index (χ3n) is 4.77. The van der Waals surface area contributed by atoms with Crippen molar-refractivity contribution >= 4 is 0 Å². The van der Waals surface area contributed by atoms with Gasteiger partial charge in [0, 0.05) is 19.6 Å². The monoisotopic (exact) mass is 283 g/mol. The van der Waals surface area contributed by atoms with Gasteiger partial charge in [0.25, 0.3) is 0 Å². The smallest absolute Gasteiger partial charge is 0.144 e. The highest BCUT2D eigenvalue weighted by molar-refractivity contribution is 5.32. The first-order valence-corrected chi connectivity index (χ1v) is 8.14. The molecule has 2 fully saturated rings. The van der Waals surface area contributed by atoms with E-state index in [2.05, 4.69) is 28.4 Å². The van der Waals surface area contributed by atoms with Crippen LogP contribution in [0.1, 0.15) is 31.2 Å². The largest absolute Gasteiger partial charge is 0.300 e. The lowest BCUT2D eigenvalue weighted by atomic mass is 9.90. The van der Waals surface area contributed by atoms with Crippen molar-refractivity contribution in [1.82, 2.24) is 10.2 Å². The lowest BCUT2D eigenvalue weighted by Gasteiger charge is -2.33. The van der Waals surface area contributed by atoms with E-state index in [1.807, 2.05) is 25.2 Å². The van der Waals surface area contributed by atoms with Gasteiger partial charge in [-0.1, -0.05) is 30.3 Å². The van der Waals surface area contributed by atoms with Crippen LogP contribution in [-0.2, 0) is 5.54 Å². The third kappa shape index (κ3) is 3.64. The van der Waals surface area contributed by atoms with Gasteiger partial charge in [0.05, 0.1) is 6.07 Å². The van der Waals surface area contributed by atoms with Crippen molar-refractivity contribution in [3.05, 3.63) is 35.9 Å². The molecule has 112 valence electrons. The molecular weight excluding hydrogens is 258 g/mol. The van der Waals surface area contributed by atoms with Crippen LogP contribution in [0.2, 0.25) is 0 Å². The highest BCUT2D eigenvalue weighted by atomic mass is 15.2. The molecule has 0 radical (unpaired) electrons. The summed E-state index contributed by atoms with van der Waals surface area (Å²) in [6, 6.07) is 12.7. The van der Waals surface area contributed by atoms with Crippen LogP contribution < -0.4 is 5.32 Å². The van der Waals surface area contributed by atoms with Crippen LogP contribution in [0, 0.1) is 23.2 Å². The topological polar surface area (TPSA) is 39.1 Å². The lowest BCUT2D eigenvalue weighted by Crippen LogP contribution is -2.49. The number of rotatable bonds is 8. The third-order valence-corrected chi connectivity index (χ3v) is 4.77. The molecule has 1 N–H and O–H groups in total. The van der Waals surface area contributed by atoms with Crippen LogP contribution in [0.25, 0.3) is 0 Å². The molecule has 2 saturated carbocycles. The summed E-state index contributed by atoms with van der Waals surface area (Å²) in [5, 5.41) is 13.1. The van der Waals surface area contributed by atoms with Crippen molar-refractivity contribution in [2.24, 2.45) is 11.8 Å². The van der Waals surface area contributed by atoms with Crippen LogP contribution in [0.5, 0.6) is 0 Å². The van der Waals surface area contributed by atoms with Crippen molar-refractivity contribution in [3.63, 3.8) is 0 Å². The summed E-state index contributed by atoms with van der Waals surface area (Å²) in [5.74, 6) is 1.74. The molecule has 1 atom stereocenters. The van der Waals surface area contributed by atoms with Crippen LogP contribution in [0.15, 0.2) is 30.3 Å². The zero-order valence-electron chi connectivity index (χ0n) is 12.9. The Hall–Kier alpha value is -1.37. The summed E-state index contributed by atoms with van der Waals surface area (Å²) in [4.78, 5) is 2.53. The molecule has 0 spiro atoms. The average molecular weight is 283 g/mol. The average Bonchev–Trinajstić information content (AvgIpc) is 3.42. The van der Waals surface area contributed by atoms with Crippen molar-refractivity contribution in [1.29, 1.82) is 5.26 Å². The standard InChI is InChI=1S/C18H25N3/c1-20-18(13-19,17-5-3-2-4-6-17)14-21(11-15-7-8-15)12-16-9-10-16/h2-6,15-16,20H,7-12,14H2,1H3. The van der Waals surface area contributed by atoms with Gasteiger partial charge < -0.3 is 0 Å². The van der Waals surface area contributed by atoms with Gasteiger partial charge in [-0.2, -0.15) is 5.26 Å². The zero-order valence-corrected chi connectivity index (χ0v) is 12.9. The van der Waals surface area contributed by atoms with Crippen molar-refractivity contribution in [2.45, 2.75) is 31.2 Å². The minimum Gasteiger partial charge on any atom is -0.300 e. The molecule has 21 heavy (non-hydrogen) atoms. The van der Waals surface area contributed by atoms with Gasteiger partial charge in [-0.15, -0.1) is 0 Å². The Balaban J connectivity index is 1.76. The highest BCUT2D eigenvalue weighted by Gasteiger charge is 2.36. The van der Waals surface area contributed by atoms with E-state index in [1.165, 1.54) is 25.7 Å². The Labute approximate surface area is 128 Å². The van der Waals surface area contributed by atoms with Crippen molar-refractivity contribution in [3.8, 4) is 6.07 Å². The van der Waals surface area contributed by atoms with Gasteiger partial charge in [-0.25, -0.2) is 0 Å². The van der Waals surface area contributed by atoms with Crippen molar-refractivity contribution < 1.29 is 0 Å². The summed E-state index contributed by atoms with van der Waals surface area (Å²) in [7, 11) is 1.91. The minimum atomic E-state index is -0.592. The van der Waals surface area contributed by atoms with Gasteiger partial charge in [0.1, 0.15) is 5.54 Å². The van der Waals surface area contributed by atoms with Gasteiger partial charge in [0.15, 0.2) is 0 Å². The van der Waals surface area contributed by atoms with Crippen molar-refractivity contribution in [2.75, 3.05) is 26.7 Å². The Kier molecular flexibility index (Phi) is 4.28. The van der Waals surface area contributed by atoms with Crippen LogP contribution in [-0.4, -0.2) is 31.6 Å². The number of nitrogens with zero attached hydrogens (tertiary/aromatic N) is 2. The fourth-order valence-electron chi connectivity index (χ4n) is 3.06. The van der Waals surface area contributed by atoms with Gasteiger partial charge in [0.2, 0.25) is 0 Å². The molecule has 1 aromatic rings. The van der Waals surface area contributed by atoms with E-state index in [9.17, 15) is 5.26 Å². The molecule has 2 aliphatic carbocycles. The van der Waals surface area contributed by atoms with E-state index >= 15 is 0 Å². The van der Waals surface area contributed by atoms with Crippen LogP contribution in [0.3, 0.4) is 0 Å². The lowest BCUT2D eigenvalue weighted by molar-refractivity contribution is 0.201. The predicted octanol–water partition coefficient (Wildman–Crippen LogP) is 2.75. The first-order valence-electron chi connectivity index (χ1n) is 8.14. The molecule has 3 heteroatoms. The maximum absolute atomic E-state index is 9.84. The first-order chi connectivity index (χ1) is 10.3. The van der Waals surface area contributed by atoms with Gasteiger partial charge >= 0.3 is 0 Å². The van der Waals surface area contributed by atoms with Gasteiger partial charge in [-0.3, -0.25) is 10.2 Å². The molecule has 1 aromatic carbocycles. The Morgan fingerprint density at radius 3 is 2.14 bits per heavy atom. The Morgan fingerprint density at radius 2 is 1.71 bits per heavy atom. The Morgan fingerprint density at radius 1 is 1.14 bits per heavy atom. The summed E-state index contributed by atoms with van der Waals surface area (Å²) in [6.45, 7) is 3.11. The van der Waals surface area contributed by atoms with Crippen LogP contribution in [0.4, 0.5) is 0 Å². The summed E-state index contributed by atoms with van der Waals surface area (Å²) in [6.07, 6.45) is 5.47. The number of nitrogens with one attached hydrogen (secondary N) is 1. The maximum Gasteiger partial charge on any atom is 0.144 e. The number of nitriles is 1. The molecule has 0 aromatic heterocycles. The SMILES string of the molecule is CNC(C#N)(CN(CC1CC1)CC1CC1)c1ccccc1.